The van der Waals surface area contributed by atoms with E-state index in [4.69, 9.17) is 23.2 Å². The summed E-state index contributed by atoms with van der Waals surface area (Å²) in [6.45, 7) is 4.73. The van der Waals surface area contributed by atoms with Crippen LogP contribution in [-0.4, -0.2) is 72.8 Å². The van der Waals surface area contributed by atoms with Gasteiger partial charge in [-0.3, -0.25) is 4.79 Å². The van der Waals surface area contributed by atoms with Crippen LogP contribution in [0.15, 0.2) is 47.4 Å². The third-order valence-electron chi connectivity index (χ3n) is 5.31. The first-order valence-corrected chi connectivity index (χ1v) is 11.4. The maximum absolute atomic E-state index is 13.2. The molecule has 6 N–H and O–H groups in total. The summed E-state index contributed by atoms with van der Waals surface area (Å²) in [4.78, 5) is 20.5. The Labute approximate surface area is 214 Å². The van der Waals surface area contributed by atoms with E-state index in [1.54, 1.807) is 28.8 Å². The standard InChI is InChI=1S/C22H23Cl2N3OS.ClH.3H2O/c1-25-8-10-26(11-9-25)20-5-3-2-4-16(20)14-21-22(28)27(12-13-29-21)17-6-7-18(23)19(24)15-17;;;;/h2-7,14-15H,8-13H2,1H3;1H;3*1H2. The van der Waals surface area contributed by atoms with Crippen LogP contribution in [0, 0.1) is 0 Å². The molecule has 4 rings (SSSR count). The highest BCUT2D eigenvalue weighted by Crippen LogP contribution is 2.34. The van der Waals surface area contributed by atoms with Gasteiger partial charge in [0, 0.05) is 49.9 Å². The predicted molar refractivity (Wildman–Crippen MR) is 143 cm³/mol. The number of carbonyl (C=O) groups is 1. The van der Waals surface area contributed by atoms with E-state index in [1.165, 1.54) is 5.69 Å². The Bertz CT molecular complexity index is 956. The van der Waals surface area contributed by atoms with Gasteiger partial charge < -0.3 is 31.1 Å². The van der Waals surface area contributed by atoms with Crippen molar-refractivity contribution in [1.82, 2.24) is 4.90 Å². The monoisotopic (exact) mass is 537 g/mol. The van der Waals surface area contributed by atoms with Gasteiger partial charge in [-0.1, -0.05) is 41.4 Å². The summed E-state index contributed by atoms with van der Waals surface area (Å²) < 4.78 is 0. The van der Waals surface area contributed by atoms with E-state index in [2.05, 4.69) is 35.0 Å². The van der Waals surface area contributed by atoms with Gasteiger partial charge in [-0.05, 0) is 43.0 Å². The Kier molecular flexibility index (Phi) is 13.4. The third kappa shape index (κ3) is 7.24. The second-order valence-electron chi connectivity index (χ2n) is 7.26. The molecule has 184 valence electrons. The lowest BCUT2D eigenvalue weighted by molar-refractivity contribution is -0.114. The zero-order valence-corrected chi connectivity index (χ0v) is 21.3. The highest BCUT2D eigenvalue weighted by Gasteiger charge is 2.26. The van der Waals surface area contributed by atoms with Crippen LogP contribution in [0.3, 0.4) is 0 Å². The normalized spacial score (nSPS) is 17.4. The first-order valence-electron chi connectivity index (χ1n) is 9.67. The molecule has 0 radical (unpaired) electrons. The highest BCUT2D eigenvalue weighted by atomic mass is 35.5. The molecule has 0 aromatic heterocycles. The van der Waals surface area contributed by atoms with Gasteiger partial charge in [-0.25, -0.2) is 0 Å². The fourth-order valence-corrected chi connectivity index (χ4v) is 4.86. The zero-order chi connectivity index (χ0) is 20.4. The maximum Gasteiger partial charge on any atom is 0.264 e. The summed E-state index contributed by atoms with van der Waals surface area (Å²) in [5.74, 6) is 0.849. The van der Waals surface area contributed by atoms with E-state index < -0.39 is 0 Å². The number of piperazine rings is 1. The number of rotatable bonds is 3. The van der Waals surface area contributed by atoms with Crippen LogP contribution in [0.2, 0.25) is 10.0 Å². The van der Waals surface area contributed by atoms with Crippen LogP contribution in [0.5, 0.6) is 0 Å². The van der Waals surface area contributed by atoms with Gasteiger partial charge in [0.2, 0.25) is 0 Å². The van der Waals surface area contributed by atoms with E-state index in [-0.39, 0.29) is 34.7 Å². The summed E-state index contributed by atoms with van der Waals surface area (Å²) in [5.41, 5.74) is 3.06. The van der Waals surface area contributed by atoms with Crippen LogP contribution < -0.4 is 9.80 Å². The minimum atomic E-state index is 0. The minimum absolute atomic E-state index is 0. The van der Waals surface area contributed by atoms with Crippen molar-refractivity contribution in [2.24, 2.45) is 0 Å². The number of anilines is 2. The van der Waals surface area contributed by atoms with Crippen molar-refractivity contribution < 1.29 is 21.2 Å². The number of benzene rings is 2. The fraction of sp³-hybridized carbons (Fsp3) is 0.318. The number of carbonyl (C=O) groups excluding carboxylic acids is 1. The number of likely N-dealkylation sites (N-methyl/N-ethyl adjacent to an activating group) is 1. The molecule has 0 bridgehead atoms. The number of amides is 1. The molecular formula is C22H30Cl3N3O4S. The van der Waals surface area contributed by atoms with Crippen LogP contribution in [-0.2, 0) is 4.79 Å². The van der Waals surface area contributed by atoms with Crippen molar-refractivity contribution in [3.8, 4) is 0 Å². The third-order valence-corrected chi connectivity index (χ3v) is 7.04. The molecule has 2 aromatic rings. The summed E-state index contributed by atoms with van der Waals surface area (Å²) in [7, 11) is 2.15. The van der Waals surface area contributed by atoms with Gasteiger partial charge in [0.1, 0.15) is 0 Å². The lowest BCUT2D eigenvalue weighted by atomic mass is 10.1. The lowest BCUT2D eigenvalue weighted by Gasteiger charge is -2.35. The minimum Gasteiger partial charge on any atom is -0.412 e. The van der Waals surface area contributed by atoms with Gasteiger partial charge in [0.25, 0.3) is 5.91 Å². The molecule has 0 spiro atoms. The van der Waals surface area contributed by atoms with Crippen LogP contribution in [0.1, 0.15) is 5.56 Å². The van der Waals surface area contributed by atoms with Crippen LogP contribution >= 0.6 is 47.4 Å². The molecule has 33 heavy (non-hydrogen) atoms. The maximum atomic E-state index is 13.2. The van der Waals surface area contributed by atoms with E-state index in [9.17, 15) is 4.79 Å². The molecule has 11 heteroatoms. The quantitative estimate of drug-likeness (QED) is 0.558. The van der Waals surface area contributed by atoms with E-state index in [1.807, 2.05) is 18.2 Å². The Morgan fingerprint density at radius 1 is 0.909 bits per heavy atom. The molecule has 7 nitrogen and oxygen atoms in total. The molecule has 2 aliphatic heterocycles. The Balaban J connectivity index is 0.00000256. The van der Waals surface area contributed by atoms with Crippen molar-refractivity contribution in [2.45, 2.75) is 0 Å². The SMILES string of the molecule is CN1CCN(c2ccccc2C=C2SCCN(c3ccc(Cl)c(Cl)c3)C2=O)CC1.Cl.O.O.O. The van der Waals surface area contributed by atoms with Crippen molar-refractivity contribution in [3.05, 3.63) is 63.0 Å². The van der Waals surface area contributed by atoms with Crippen molar-refractivity contribution in [1.29, 1.82) is 0 Å². The van der Waals surface area contributed by atoms with Crippen LogP contribution in [0.4, 0.5) is 11.4 Å². The Morgan fingerprint density at radius 2 is 1.58 bits per heavy atom. The van der Waals surface area contributed by atoms with Gasteiger partial charge in [-0.15, -0.1) is 24.2 Å². The van der Waals surface area contributed by atoms with Crippen molar-refractivity contribution >= 4 is 70.7 Å². The van der Waals surface area contributed by atoms with Crippen molar-refractivity contribution in [3.63, 3.8) is 0 Å². The number of hydrogen-bond donors (Lipinski definition) is 0. The molecule has 2 fully saturated rings. The summed E-state index contributed by atoms with van der Waals surface area (Å²) >= 11 is 13.8. The topological polar surface area (TPSA) is 121 Å². The Hall–Kier alpha value is -1.49. The second kappa shape index (κ2) is 14.0. The second-order valence-corrected chi connectivity index (χ2v) is 9.21. The van der Waals surface area contributed by atoms with Gasteiger partial charge in [-0.2, -0.15) is 0 Å². The van der Waals surface area contributed by atoms with Gasteiger partial charge in [0.05, 0.1) is 15.0 Å². The number of nitrogens with zero attached hydrogens (tertiary/aromatic N) is 3. The van der Waals surface area contributed by atoms with Gasteiger partial charge >= 0.3 is 0 Å². The smallest absolute Gasteiger partial charge is 0.264 e. The number of hydrogen-bond acceptors (Lipinski definition) is 4. The van der Waals surface area contributed by atoms with Crippen molar-refractivity contribution in [2.75, 3.05) is 55.3 Å². The molecule has 0 aliphatic carbocycles. The molecule has 2 heterocycles. The van der Waals surface area contributed by atoms with E-state index in [0.29, 0.717) is 16.6 Å². The summed E-state index contributed by atoms with van der Waals surface area (Å²) in [5, 5.41) is 0.951. The fourth-order valence-electron chi connectivity index (χ4n) is 3.63. The molecule has 1 amide bonds. The first-order chi connectivity index (χ1) is 14.0. The molecule has 2 aromatic carbocycles. The summed E-state index contributed by atoms with van der Waals surface area (Å²) in [6, 6.07) is 13.7. The molecule has 0 saturated carbocycles. The largest absolute Gasteiger partial charge is 0.412 e. The molecular weight excluding hydrogens is 509 g/mol. The predicted octanol–water partition coefficient (Wildman–Crippen LogP) is 2.81. The molecule has 2 saturated heterocycles. The molecule has 2 aliphatic rings. The lowest BCUT2D eigenvalue weighted by Crippen LogP contribution is -2.44. The van der Waals surface area contributed by atoms with E-state index in [0.717, 1.165) is 48.1 Å². The molecule has 0 unspecified atom stereocenters. The first kappa shape index (κ1) is 31.5. The average molecular weight is 539 g/mol. The number of para-hydroxylation sites is 1. The van der Waals surface area contributed by atoms with Crippen LogP contribution in [0.25, 0.3) is 6.08 Å². The summed E-state index contributed by atoms with van der Waals surface area (Å²) in [6.07, 6.45) is 2.03. The highest BCUT2D eigenvalue weighted by molar-refractivity contribution is 8.04. The van der Waals surface area contributed by atoms with E-state index >= 15 is 0 Å². The average Bonchev–Trinajstić information content (AvgIpc) is 2.73. The van der Waals surface area contributed by atoms with Gasteiger partial charge in [0.15, 0.2) is 0 Å². The number of thioether (sulfide) groups is 1. The Morgan fingerprint density at radius 3 is 2.24 bits per heavy atom. The number of halogens is 3. The zero-order valence-electron chi connectivity index (χ0n) is 18.2. The molecule has 0 atom stereocenters.